The monoisotopic (exact) mass is 282 g/mol. The first-order valence-electron chi connectivity index (χ1n) is 7.57. The minimum Gasteiger partial charge on any atom is -0.489 e. The molecule has 2 bridgehead atoms. The molecule has 1 aromatic rings. The lowest BCUT2D eigenvalue weighted by Gasteiger charge is -2.66. The second kappa shape index (κ2) is 4.24. The number of hydrogen-bond donors (Lipinski definition) is 0. The Balaban J connectivity index is 1.35. The summed E-state index contributed by atoms with van der Waals surface area (Å²) in [5.41, 5.74) is -0.354. The Labute approximate surface area is 124 Å². The Hall–Kier alpha value is -2.02. The second-order valence-corrected chi connectivity index (χ2v) is 6.80. The van der Waals surface area contributed by atoms with E-state index in [0.29, 0.717) is 6.54 Å². The molecule has 1 amide bonds. The highest BCUT2D eigenvalue weighted by molar-refractivity contribution is 5.87. The average Bonchev–Trinajstić information content (AvgIpc) is 2.86. The molecule has 1 unspecified atom stereocenters. The molecule has 1 saturated heterocycles. The maximum Gasteiger partial charge on any atom is 0.229 e. The van der Waals surface area contributed by atoms with Crippen LogP contribution < -0.4 is 4.74 Å². The summed E-state index contributed by atoms with van der Waals surface area (Å²) in [7, 11) is 0. The van der Waals surface area contributed by atoms with Crippen LogP contribution in [0.15, 0.2) is 30.3 Å². The quantitative estimate of drug-likeness (QED) is 0.855. The first kappa shape index (κ1) is 12.7. The normalized spacial score (nSPS) is 36.3. The van der Waals surface area contributed by atoms with Crippen LogP contribution in [0.4, 0.5) is 0 Å². The zero-order valence-corrected chi connectivity index (χ0v) is 11.9. The van der Waals surface area contributed by atoms with Crippen LogP contribution in [0.5, 0.6) is 5.75 Å². The molecule has 0 radical (unpaired) electrons. The van der Waals surface area contributed by atoms with E-state index >= 15 is 0 Å². The van der Waals surface area contributed by atoms with Gasteiger partial charge in [0.2, 0.25) is 5.91 Å². The molecule has 0 N–H and O–H groups in total. The Kier molecular flexibility index (Phi) is 2.56. The summed E-state index contributed by atoms with van der Waals surface area (Å²) >= 11 is 0. The van der Waals surface area contributed by atoms with Crippen molar-refractivity contribution in [3.63, 3.8) is 0 Å². The van der Waals surface area contributed by atoms with E-state index in [1.165, 1.54) is 0 Å². The van der Waals surface area contributed by atoms with Crippen molar-refractivity contribution >= 4 is 5.91 Å². The minimum absolute atomic E-state index is 0.0913. The van der Waals surface area contributed by atoms with Crippen LogP contribution in [0, 0.1) is 22.2 Å². The van der Waals surface area contributed by atoms with E-state index in [1.54, 1.807) is 0 Å². The molecule has 5 rings (SSSR count). The highest BCUT2D eigenvalue weighted by Crippen LogP contribution is 2.73. The first-order chi connectivity index (χ1) is 10.1. The summed E-state index contributed by atoms with van der Waals surface area (Å²) in [6.07, 6.45) is 3.30. The van der Waals surface area contributed by atoms with Gasteiger partial charge in [-0.2, -0.15) is 5.26 Å². The van der Waals surface area contributed by atoms with Crippen molar-refractivity contribution in [3.8, 4) is 11.8 Å². The van der Waals surface area contributed by atoms with Gasteiger partial charge in [-0.1, -0.05) is 18.2 Å². The van der Waals surface area contributed by atoms with Gasteiger partial charge < -0.3 is 9.64 Å². The summed E-state index contributed by atoms with van der Waals surface area (Å²) in [4.78, 5) is 14.5. The molecule has 1 heterocycles. The predicted octanol–water partition coefficient (Wildman–Crippen LogP) is 2.36. The molecule has 4 fully saturated rings. The van der Waals surface area contributed by atoms with E-state index in [4.69, 9.17) is 10.00 Å². The largest absolute Gasteiger partial charge is 0.489 e. The van der Waals surface area contributed by atoms with Crippen LogP contribution in [0.2, 0.25) is 0 Å². The zero-order chi connectivity index (χ0) is 14.5. The van der Waals surface area contributed by atoms with Crippen LogP contribution in [0.25, 0.3) is 0 Å². The maximum absolute atomic E-state index is 12.6. The van der Waals surface area contributed by atoms with Gasteiger partial charge in [0.05, 0.1) is 23.4 Å². The van der Waals surface area contributed by atoms with E-state index in [0.717, 1.165) is 38.0 Å². The summed E-state index contributed by atoms with van der Waals surface area (Å²) in [6.45, 7) is 1.45. The van der Waals surface area contributed by atoms with Gasteiger partial charge in [-0.05, 0) is 31.4 Å². The van der Waals surface area contributed by atoms with Crippen LogP contribution in [-0.4, -0.2) is 30.0 Å². The van der Waals surface area contributed by atoms with Crippen molar-refractivity contribution < 1.29 is 9.53 Å². The van der Waals surface area contributed by atoms with E-state index in [-0.39, 0.29) is 22.8 Å². The van der Waals surface area contributed by atoms with Crippen LogP contribution >= 0.6 is 0 Å². The maximum atomic E-state index is 12.6. The fraction of sp³-hybridized carbons (Fsp3) is 0.529. The first-order valence-corrected chi connectivity index (χ1v) is 7.57. The highest BCUT2D eigenvalue weighted by Gasteiger charge is 2.72. The number of carbonyl (C=O) groups is 1. The number of likely N-dealkylation sites (tertiary alicyclic amines) is 1. The number of nitriles is 1. The van der Waals surface area contributed by atoms with Gasteiger partial charge in [-0.25, -0.2) is 0 Å². The molecular formula is C17H18N2O2. The third-order valence-corrected chi connectivity index (χ3v) is 5.20. The van der Waals surface area contributed by atoms with Crippen molar-refractivity contribution in [1.82, 2.24) is 4.90 Å². The summed E-state index contributed by atoms with van der Waals surface area (Å²) in [5.74, 6) is 1.12. The minimum atomic E-state index is -0.197. The lowest BCUT2D eigenvalue weighted by molar-refractivity contribution is -0.195. The molecule has 0 spiro atoms. The fourth-order valence-electron chi connectivity index (χ4n) is 4.17. The smallest absolute Gasteiger partial charge is 0.229 e. The number of amides is 1. The van der Waals surface area contributed by atoms with Crippen molar-refractivity contribution in [3.05, 3.63) is 30.3 Å². The SMILES string of the molecule is N#CC12CC(C(=O)N3CCC(Oc4ccccc4)C3)(C1)C2. The van der Waals surface area contributed by atoms with Crippen LogP contribution in [-0.2, 0) is 4.79 Å². The van der Waals surface area contributed by atoms with Crippen molar-refractivity contribution in [2.45, 2.75) is 31.8 Å². The van der Waals surface area contributed by atoms with Gasteiger partial charge in [0.1, 0.15) is 11.9 Å². The predicted molar refractivity (Wildman–Crippen MR) is 76.4 cm³/mol. The van der Waals surface area contributed by atoms with Crippen molar-refractivity contribution in [2.75, 3.05) is 13.1 Å². The molecule has 3 saturated carbocycles. The Bertz CT molecular complexity index is 600. The summed E-state index contributed by atoms with van der Waals surface area (Å²) in [5, 5.41) is 9.06. The molecule has 4 aliphatic rings. The average molecular weight is 282 g/mol. The van der Waals surface area contributed by atoms with Crippen molar-refractivity contribution in [2.24, 2.45) is 10.8 Å². The van der Waals surface area contributed by atoms with Gasteiger partial charge in [0, 0.05) is 13.0 Å². The van der Waals surface area contributed by atoms with Crippen molar-refractivity contribution in [1.29, 1.82) is 5.26 Å². The third kappa shape index (κ3) is 1.84. The number of benzene rings is 1. The van der Waals surface area contributed by atoms with Gasteiger partial charge in [0.15, 0.2) is 0 Å². The molecule has 1 aromatic carbocycles. The number of ether oxygens (including phenoxy) is 1. The summed E-state index contributed by atoms with van der Waals surface area (Å²) < 4.78 is 5.93. The van der Waals surface area contributed by atoms with E-state index in [1.807, 2.05) is 35.2 Å². The number of carbonyl (C=O) groups excluding carboxylic acids is 1. The lowest BCUT2D eigenvalue weighted by Crippen LogP contribution is -2.67. The molecule has 21 heavy (non-hydrogen) atoms. The topological polar surface area (TPSA) is 53.3 Å². The molecule has 4 heteroatoms. The Morgan fingerprint density at radius 2 is 2.00 bits per heavy atom. The third-order valence-electron chi connectivity index (χ3n) is 5.20. The molecule has 0 aromatic heterocycles. The summed E-state index contributed by atoms with van der Waals surface area (Å²) in [6, 6.07) is 12.1. The highest BCUT2D eigenvalue weighted by atomic mass is 16.5. The van der Waals surface area contributed by atoms with E-state index < -0.39 is 0 Å². The number of rotatable bonds is 3. The second-order valence-electron chi connectivity index (χ2n) is 6.80. The van der Waals surface area contributed by atoms with Gasteiger partial charge in [-0.3, -0.25) is 4.79 Å². The molecular weight excluding hydrogens is 264 g/mol. The molecule has 1 atom stereocenters. The molecule has 4 nitrogen and oxygen atoms in total. The number of hydrogen-bond acceptors (Lipinski definition) is 3. The molecule has 108 valence electrons. The molecule has 3 aliphatic carbocycles. The standard InChI is InChI=1S/C17H18N2O2/c18-12-16-9-17(10-16,11-16)15(20)19-7-6-14(8-19)21-13-4-2-1-3-5-13/h1-5,14H,6-11H2. The van der Waals surface area contributed by atoms with Crippen LogP contribution in [0.1, 0.15) is 25.7 Å². The van der Waals surface area contributed by atoms with E-state index in [9.17, 15) is 4.79 Å². The lowest BCUT2D eigenvalue weighted by atomic mass is 9.35. The van der Waals surface area contributed by atoms with Crippen LogP contribution in [0.3, 0.4) is 0 Å². The Morgan fingerprint density at radius 3 is 2.67 bits per heavy atom. The fourth-order valence-corrected chi connectivity index (χ4v) is 4.17. The van der Waals surface area contributed by atoms with Gasteiger partial charge >= 0.3 is 0 Å². The van der Waals surface area contributed by atoms with Gasteiger partial charge in [0.25, 0.3) is 0 Å². The van der Waals surface area contributed by atoms with E-state index in [2.05, 4.69) is 6.07 Å². The van der Waals surface area contributed by atoms with Gasteiger partial charge in [-0.15, -0.1) is 0 Å². The Morgan fingerprint density at radius 1 is 1.29 bits per heavy atom. The number of para-hydroxylation sites is 1. The zero-order valence-electron chi connectivity index (χ0n) is 11.9. The molecule has 1 aliphatic heterocycles. The number of nitrogens with zero attached hydrogens (tertiary/aromatic N) is 2.